The molecule has 0 radical (unpaired) electrons. The molecule has 0 bridgehead atoms. The highest BCUT2D eigenvalue weighted by atomic mass is 32.2. The molecule has 2 aromatic heterocycles. The number of imide groups is 1. The lowest BCUT2D eigenvalue weighted by Crippen LogP contribution is -2.25. The first-order valence-corrected chi connectivity index (χ1v) is 11.0. The van der Waals surface area contributed by atoms with Gasteiger partial charge in [0.15, 0.2) is 0 Å². The zero-order valence-electron chi connectivity index (χ0n) is 18.6. The lowest BCUT2D eigenvalue weighted by Gasteiger charge is -2.09. The molecule has 1 unspecified atom stereocenters. The number of amides is 2. The van der Waals surface area contributed by atoms with Gasteiger partial charge in [-0.3, -0.25) is 14.9 Å². The van der Waals surface area contributed by atoms with Crippen LogP contribution in [0.25, 0.3) is 11.0 Å². The lowest BCUT2D eigenvalue weighted by molar-refractivity contribution is -0.118. The number of carbonyl (C=O) groups excluding carboxylic acids is 2. The Morgan fingerprint density at radius 1 is 1.12 bits per heavy atom. The molecule has 2 aromatic carbocycles. The van der Waals surface area contributed by atoms with Crippen LogP contribution in [0.1, 0.15) is 12.8 Å². The first-order chi connectivity index (χ1) is 16.4. The molecule has 1 aliphatic rings. The van der Waals surface area contributed by atoms with Crippen LogP contribution in [0.4, 0.5) is 4.79 Å². The summed E-state index contributed by atoms with van der Waals surface area (Å²) in [7, 11) is 1.92. The molecule has 9 heteroatoms. The molecule has 0 saturated carbocycles. The van der Waals surface area contributed by atoms with Gasteiger partial charge in [-0.1, -0.05) is 30.0 Å². The molecule has 2 amide bonds. The van der Waals surface area contributed by atoms with Crippen LogP contribution < -0.4 is 14.8 Å². The summed E-state index contributed by atoms with van der Waals surface area (Å²) in [4.78, 5) is 32.1. The fourth-order valence-corrected chi connectivity index (χ4v) is 4.19. The standard InChI is InChI=1S/C24H20N4O4S/c1-28-19-13-17(32-22-4-2-3-11-25-22)9-10-18(19)26-21(28)14-31-16-7-5-15(6-8-16)12-20-23(29)27-24(30)33-20/h2-11,13,20H,12,14H2,1H3,(H,27,29,30)/i20D. The van der Waals surface area contributed by atoms with E-state index < -0.39 is 16.4 Å². The third-order valence-corrected chi connectivity index (χ3v) is 6.01. The molecule has 1 atom stereocenters. The van der Waals surface area contributed by atoms with Crippen molar-refractivity contribution in [3.63, 3.8) is 0 Å². The van der Waals surface area contributed by atoms with Crippen LogP contribution in [0.2, 0.25) is 0 Å². The lowest BCUT2D eigenvalue weighted by atomic mass is 10.1. The first kappa shape index (κ1) is 19.8. The molecule has 4 aromatic rings. The number of hydrogen-bond acceptors (Lipinski definition) is 7. The molecule has 1 aliphatic heterocycles. The van der Waals surface area contributed by atoms with Crippen molar-refractivity contribution in [1.29, 1.82) is 0 Å². The summed E-state index contributed by atoms with van der Waals surface area (Å²) >= 11 is 0.700. The van der Waals surface area contributed by atoms with E-state index in [0.29, 0.717) is 29.1 Å². The fraction of sp³-hybridized carbons (Fsp3) is 0.167. The Morgan fingerprint density at radius 3 is 2.67 bits per heavy atom. The van der Waals surface area contributed by atoms with Gasteiger partial charge in [-0.25, -0.2) is 9.97 Å². The molecule has 8 nitrogen and oxygen atoms in total. The van der Waals surface area contributed by atoms with Crippen molar-refractivity contribution in [3.8, 4) is 17.4 Å². The average molecular weight is 462 g/mol. The molecule has 5 rings (SSSR count). The van der Waals surface area contributed by atoms with Crippen molar-refractivity contribution in [2.24, 2.45) is 7.05 Å². The highest BCUT2D eigenvalue weighted by Crippen LogP contribution is 2.26. The van der Waals surface area contributed by atoms with E-state index in [2.05, 4.69) is 15.3 Å². The van der Waals surface area contributed by atoms with E-state index in [0.717, 1.165) is 22.4 Å². The molecule has 0 spiro atoms. The zero-order valence-corrected chi connectivity index (χ0v) is 18.5. The van der Waals surface area contributed by atoms with Crippen LogP contribution >= 0.6 is 11.8 Å². The van der Waals surface area contributed by atoms with Crippen molar-refractivity contribution in [3.05, 3.63) is 78.2 Å². The minimum absolute atomic E-state index is 0.128. The van der Waals surface area contributed by atoms with Gasteiger partial charge in [0.05, 0.1) is 17.6 Å². The number of imidazole rings is 1. The minimum Gasteiger partial charge on any atom is -0.486 e. The number of ether oxygens (including phenoxy) is 2. The normalized spacial score (nSPS) is 18.3. The maximum Gasteiger partial charge on any atom is 0.286 e. The summed E-state index contributed by atoms with van der Waals surface area (Å²) in [5.41, 5.74) is 2.50. The summed E-state index contributed by atoms with van der Waals surface area (Å²) in [5.74, 6) is 1.98. The Bertz CT molecular complexity index is 1380. The number of nitrogens with one attached hydrogen (secondary N) is 1. The van der Waals surface area contributed by atoms with Gasteiger partial charge in [0.2, 0.25) is 11.8 Å². The van der Waals surface area contributed by atoms with Crippen molar-refractivity contribution < 1.29 is 20.4 Å². The second-order valence-electron chi connectivity index (χ2n) is 7.38. The van der Waals surface area contributed by atoms with Gasteiger partial charge in [0.1, 0.15) is 23.9 Å². The zero-order chi connectivity index (χ0) is 23.7. The second-order valence-corrected chi connectivity index (χ2v) is 8.45. The number of thioether (sulfide) groups is 1. The topological polar surface area (TPSA) is 95.3 Å². The Hall–Kier alpha value is -3.85. The van der Waals surface area contributed by atoms with E-state index in [1.807, 2.05) is 41.9 Å². The molecule has 33 heavy (non-hydrogen) atoms. The van der Waals surface area contributed by atoms with Crippen molar-refractivity contribution >= 4 is 33.9 Å². The van der Waals surface area contributed by atoms with Gasteiger partial charge in [0, 0.05) is 25.4 Å². The van der Waals surface area contributed by atoms with Gasteiger partial charge < -0.3 is 14.0 Å². The Kier molecular flexibility index (Phi) is 5.37. The highest BCUT2D eigenvalue weighted by molar-refractivity contribution is 8.15. The predicted octanol–water partition coefficient (Wildman–Crippen LogP) is 4.23. The van der Waals surface area contributed by atoms with E-state index >= 15 is 0 Å². The Balaban J connectivity index is 1.25. The van der Waals surface area contributed by atoms with Crippen molar-refractivity contribution in [1.82, 2.24) is 19.9 Å². The van der Waals surface area contributed by atoms with Crippen LogP contribution in [0.3, 0.4) is 0 Å². The quantitative estimate of drug-likeness (QED) is 0.440. The number of aromatic nitrogens is 3. The number of carbonyl (C=O) groups is 2. The average Bonchev–Trinajstić information content (AvgIpc) is 3.27. The van der Waals surface area contributed by atoms with E-state index in [-0.39, 0.29) is 13.0 Å². The first-order valence-electron chi connectivity index (χ1n) is 10.7. The monoisotopic (exact) mass is 461 g/mol. The molecular formula is C24H20N4O4S. The number of rotatable bonds is 7. The molecule has 1 fully saturated rings. The van der Waals surface area contributed by atoms with Crippen LogP contribution in [0.5, 0.6) is 17.4 Å². The number of nitrogens with zero attached hydrogens (tertiary/aromatic N) is 3. The third-order valence-electron chi connectivity index (χ3n) is 5.15. The largest absolute Gasteiger partial charge is 0.486 e. The van der Waals surface area contributed by atoms with Crippen LogP contribution in [0.15, 0.2) is 66.9 Å². The summed E-state index contributed by atoms with van der Waals surface area (Å²) in [6.45, 7) is 0.260. The van der Waals surface area contributed by atoms with Gasteiger partial charge in [-0.05, 0) is 42.3 Å². The summed E-state index contributed by atoms with van der Waals surface area (Å²) in [5, 5.41) is 0.138. The summed E-state index contributed by atoms with van der Waals surface area (Å²) in [6.07, 6.45) is 1.80. The van der Waals surface area contributed by atoms with Crippen molar-refractivity contribution in [2.75, 3.05) is 0 Å². The molecule has 1 saturated heterocycles. The summed E-state index contributed by atoms with van der Waals surface area (Å²) < 4.78 is 21.9. The Morgan fingerprint density at radius 2 is 1.94 bits per heavy atom. The second kappa shape index (κ2) is 8.95. The number of benzene rings is 2. The molecule has 3 heterocycles. The molecule has 166 valence electrons. The van der Waals surface area contributed by atoms with E-state index in [4.69, 9.17) is 10.8 Å². The predicted molar refractivity (Wildman–Crippen MR) is 124 cm³/mol. The number of hydrogen-bond donors (Lipinski definition) is 1. The van der Waals surface area contributed by atoms with Crippen LogP contribution in [0, 0.1) is 0 Å². The van der Waals surface area contributed by atoms with Gasteiger partial charge in [-0.2, -0.15) is 0 Å². The van der Waals surface area contributed by atoms with Crippen LogP contribution in [-0.4, -0.2) is 30.9 Å². The number of pyridine rings is 1. The van der Waals surface area contributed by atoms with Gasteiger partial charge in [-0.15, -0.1) is 0 Å². The van der Waals surface area contributed by atoms with Crippen molar-refractivity contribution in [2.45, 2.75) is 18.3 Å². The molecule has 0 aliphatic carbocycles. The maximum atomic E-state index is 11.9. The number of aryl methyl sites for hydroxylation is 1. The SMILES string of the molecule is [2H]C1(Cc2ccc(OCc3nc4ccc(Oc5ccccn5)cc4n3C)cc2)SC(=O)NC1=O. The van der Waals surface area contributed by atoms with Crippen LogP contribution in [-0.2, 0) is 24.9 Å². The number of fused-ring (bicyclic) bond motifs is 1. The smallest absolute Gasteiger partial charge is 0.286 e. The van der Waals surface area contributed by atoms with E-state index in [9.17, 15) is 9.59 Å². The molecular weight excluding hydrogens is 440 g/mol. The van der Waals surface area contributed by atoms with E-state index in [1.165, 1.54) is 0 Å². The van der Waals surface area contributed by atoms with E-state index in [1.54, 1.807) is 36.5 Å². The third kappa shape index (κ3) is 4.68. The highest BCUT2D eigenvalue weighted by Gasteiger charge is 2.31. The molecule has 1 N–H and O–H groups in total. The van der Waals surface area contributed by atoms with Gasteiger partial charge >= 0.3 is 0 Å². The van der Waals surface area contributed by atoms with Gasteiger partial charge in [0.25, 0.3) is 5.24 Å². The maximum absolute atomic E-state index is 11.9. The Labute approximate surface area is 195 Å². The fourth-order valence-electron chi connectivity index (χ4n) is 3.44. The summed E-state index contributed by atoms with van der Waals surface area (Å²) in [6, 6.07) is 18.3. The minimum atomic E-state index is -1.54.